The van der Waals surface area contributed by atoms with Crippen molar-refractivity contribution in [1.29, 1.82) is 0 Å². The Hall–Kier alpha value is -3.36. The number of nitro groups is 1. The molecule has 1 aliphatic heterocycles. The molecule has 1 saturated heterocycles. The number of anilines is 1. The number of hydrogen-bond acceptors (Lipinski definition) is 6. The molecule has 0 radical (unpaired) electrons. The monoisotopic (exact) mass is 358 g/mol. The molecule has 0 saturated carbocycles. The molecule has 0 spiro atoms. The van der Waals surface area contributed by atoms with Crippen LogP contribution in [0.25, 0.3) is 0 Å². The van der Waals surface area contributed by atoms with Gasteiger partial charge in [-0.25, -0.2) is 0 Å². The Bertz CT molecular complexity index is 826. The van der Waals surface area contributed by atoms with E-state index in [4.69, 9.17) is 4.42 Å². The maximum absolute atomic E-state index is 12.6. The number of nitrogens with one attached hydrogen (secondary N) is 1. The standard InChI is InChI=1S/C17H18N4O5/c1-18-13-5-4-12(11-14(13)21(24)25)16(22)19-6-8-20(9-7-19)17(23)15-3-2-10-26-15/h2-5,10-11,18H,6-9H2,1H3. The number of benzene rings is 1. The summed E-state index contributed by atoms with van der Waals surface area (Å²) >= 11 is 0. The number of piperazine rings is 1. The van der Waals surface area contributed by atoms with Gasteiger partial charge in [-0.1, -0.05) is 0 Å². The second-order valence-electron chi connectivity index (χ2n) is 5.80. The zero-order chi connectivity index (χ0) is 18.7. The molecule has 1 aliphatic rings. The summed E-state index contributed by atoms with van der Waals surface area (Å²) in [5.74, 6) is -0.236. The predicted molar refractivity (Wildman–Crippen MR) is 93.2 cm³/mol. The van der Waals surface area contributed by atoms with Crippen molar-refractivity contribution in [2.45, 2.75) is 0 Å². The van der Waals surface area contributed by atoms with Crippen molar-refractivity contribution in [2.75, 3.05) is 38.5 Å². The minimum Gasteiger partial charge on any atom is -0.459 e. The van der Waals surface area contributed by atoms with Gasteiger partial charge in [-0.2, -0.15) is 0 Å². The summed E-state index contributed by atoms with van der Waals surface area (Å²) < 4.78 is 5.11. The summed E-state index contributed by atoms with van der Waals surface area (Å²) in [5.41, 5.74) is 0.451. The SMILES string of the molecule is CNc1ccc(C(=O)N2CCN(C(=O)c3ccco3)CC2)cc1[N+](=O)[O-]. The third-order valence-corrected chi connectivity index (χ3v) is 4.30. The topological polar surface area (TPSA) is 109 Å². The number of nitro benzene ring substituents is 1. The molecule has 0 atom stereocenters. The predicted octanol–water partition coefficient (Wildman–Crippen LogP) is 1.83. The van der Waals surface area contributed by atoms with E-state index in [1.807, 2.05) is 0 Å². The highest BCUT2D eigenvalue weighted by molar-refractivity contribution is 5.96. The van der Waals surface area contributed by atoms with E-state index in [1.165, 1.54) is 18.4 Å². The number of hydrogen-bond donors (Lipinski definition) is 1. The molecule has 2 aromatic rings. The fraction of sp³-hybridized carbons (Fsp3) is 0.294. The molecule has 0 aliphatic carbocycles. The van der Waals surface area contributed by atoms with Gasteiger partial charge in [0.05, 0.1) is 11.2 Å². The molecule has 1 aromatic carbocycles. The van der Waals surface area contributed by atoms with E-state index in [2.05, 4.69) is 5.32 Å². The Morgan fingerprint density at radius 3 is 2.31 bits per heavy atom. The van der Waals surface area contributed by atoms with Crippen molar-refractivity contribution < 1.29 is 18.9 Å². The fourth-order valence-corrected chi connectivity index (χ4v) is 2.88. The lowest BCUT2D eigenvalue weighted by atomic mass is 10.1. The summed E-state index contributed by atoms with van der Waals surface area (Å²) in [6.45, 7) is 1.46. The van der Waals surface area contributed by atoms with E-state index < -0.39 is 4.92 Å². The average molecular weight is 358 g/mol. The van der Waals surface area contributed by atoms with Crippen molar-refractivity contribution in [3.05, 3.63) is 58.0 Å². The van der Waals surface area contributed by atoms with Crippen LogP contribution in [-0.4, -0.2) is 59.8 Å². The number of carbonyl (C=O) groups excluding carboxylic acids is 2. The van der Waals surface area contributed by atoms with Crippen LogP contribution < -0.4 is 5.32 Å². The van der Waals surface area contributed by atoms with Gasteiger partial charge in [-0.15, -0.1) is 0 Å². The molecule has 1 N–H and O–H groups in total. The van der Waals surface area contributed by atoms with Crippen molar-refractivity contribution in [1.82, 2.24) is 9.80 Å². The van der Waals surface area contributed by atoms with Crippen LogP contribution in [0.4, 0.5) is 11.4 Å². The highest BCUT2D eigenvalue weighted by atomic mass is 16.6. The summed E-state index contributed by atoms with van der Waals surface area (Å²) in [7, 11) is 1.58. The molecular formula is C17H18N4O5. The fourth-order valence-electron chi connectivity index (χ4n) is 2.88. The first-order valence-corrected chi connectivity index (χ1v) is 8.09. The number of amides is 2. The van der Waals surface area contributed by atoms with Crippen molar-refractivity contribution in [3.8, 4) is 0 Å². The maximum atomic E-state index is 12.6. The van der Waals surface area contributed by atoms with Crippen molar-refractivity contribution in [2.24, 2.45) is 0 Å². The van der Waals surface area contributed by atoms with Crippen molar-refractivity contribution in [3.63, 3.8) is 0 Å². The van der Waals surface area contributed by atoms with Crippen molar-refractivity contribution >= 4 is 23.2 Å². The molecule has 9 nitrogen and oxygen atoms in total. The zero-order valence-corrected chi connectivity index (χ0v) is 14.2. The van der Waals surface area contributed by atoms with Gasteiger partial charge >= 0.3 is 0 Å². The largest absolute Gasteiger partial charge is 0.459 e. The number of rotatable bonds is 4. The summed E-state index contributed by atoms with van der Waals surface area (Å²) in [5, 5.41) is 13.9. The van der Waals surface area contributed by atoms with Gasteiger partial charge in [0.1, 0.15) is 5.69 Å². The lowest BCUT2D eigenvalue weighted by Crippen LogP contribution is -2.50. The Morgan fingerprint density at radius 1 is 1.12 bits per heavy atom. The highest BCUT2D eigenvalue weighted by Crippen LogP contribution is 2.26. The lowest BCUT2D eigenvalue weighted by molar-refractivity contribution is -0.384. The summed E-state index contributed by atoms with van der Waals surface area (Å²) in [4.78, 5) is 38.7. The van der Waals surface area contributed by atoms with Crippen LogP contribution in [0.3, 0.4) is 0 Å². The molecule has 1 fully saturated rings. The second-order valence-corrected chi connectivity index (χ2v) is 5.80. The number of furan rings is 1. The summed E-state index contributed by atoms with van der Waals surface area (Å²) in [6.07, 6.45) is 1.44. The van der Waals surface area contributed by atoms with Gasteiger partial charge in [-0.3, -0.25) is 19.7 Å². The first kappa shape index (κ1) is 17.5. The molecule has 136 valence electrons. The molecule has 9 heteroatoms. The van der Waals surface area contributed by atoms with E-state index in [-0.39, 0.29) is 28.8 Å². The highest BCUT2D eigenvalue weighted by Gasteiger charge is 2.27. The maximum Gasteiger partial charge on any atom is 0.293 e. The molecule has 3 rings (SSSR count). The first-order chi connectivity index (χ1) is 12.5. The van der Waals surface area contributed by atoms with Crippen LogP contribution in [0.2, 0.25) is 0 Å². The minimum atomic E-state index is -0.525. The van der Waals surface area contributed by atoms with Crippen LogP contribution in [0.5, 0.6) is 0 Å². The summed E-state index contributed by atoms with van der Waals surface area (Å²) in [6, 6.07) is 7.59. The third-order valence-electron chi connectivity index (χ3n) is 4.30. The van der Waals surface area contributed by atoms with Crippen LogP contribution in [-0.2, 0) is 0 Å². The normalized spacial score (nSPS) is 14.2. The zero-order valence-electron chi connectivity index (χ0n) is 14.2. The van der Waals surface area contributed by atoms with E-state index in [9.17, 15) is 19.7 Å². The van der Waals surface area contributed by atoms with Crippen LogP contribution in [0, 0.1) is 10.1 Å². The molecule has 0 bridgehead atoms. The third kappa shape index (κ3) is 3.37. The van der Waals surface area contributed by atoms with Gasteiger partial charge in [0.2, 0.25) is 0 Å². The van der Waals surface area contributed by atoms with Gasteiger partial charge in [0.25, 0.3) is 17.5 Å². The molecular weight excluding hydrogens is 340 g/mol. The Labute approximate surface area is 149 Å². The van der Waals surface area contributed by atoms with Crippen LogP contribution >= 0.6 is 0 Å². The molecule has 1 aromatic heterocycles. The smallest absolute Gasteiger partial charge is 0.293 e. The Kier molecular flexibility index (Phi) is 4.87. The Balaban J connectivity index is 1.68. The second kappa shape index (κ2) is 7.26. The molecule has 26 heavy (non-hydrogen) atoms. The van der Waals surface area contributed by atoms with Crippen LogP contribution in [0.15, 0.2) is 41.0 Å². The quantitative estimate of drug-likeness (QED) is 0.660. The van der Waals surface area contributed by atoms with Gasteiger partial charge in [-0.05, 0) is 24.3 Å². The van der Waals surface area contributed by atoms with Gasteiger partial charge < -0.3 is 19.5 Å². The van der Waals surface area contributed by atoms with Crippen LogP contribution in [0.1, 0.15) is 20.9 Å². The van der Waals surface area contributed by atoms with E-state index >= 15 is 0 Å². The van der Waals surface area contributed by atoms with Gasteiger partial charge in [0, 0.05) is 44.9 Å². The molecule has 2 amide bonds. The molecule has 2 heterocycles. The van der Waals surface area contributed by atoms with E-state index in [0.29, 0.717) is 31.9 Å². The minimum absolute atomic E-state index is 0.148. The number of carbonyl (C=O) groups is 2. The van der Waals surface area contributed by atoms with E-state index in [1.54, 1.807) is 35.0 Å². The average Bonchev–Trinajstić information content (AvgIpc) is 3.21. The lowest BCUT2D eigenvalue weighted by Gasteiger charge is -2.34. The number of nitrogens with zero attached hydrogens (tertiary/aromatic N) is 3. The van der Waals surface area contributed by atoms with Gasteiger partial charge in [0.15, 0.2) is 5.76 Å². The molecule has 0 unspecified atom stereocenters. The Morgan fingerprint density at radius 2 is 1.77 bits per heavy atom. The van der Waals surface area contributed by atoms with E-state index in [0.717, 1.165) is 0 Å². The first-order valence-electron chi connectivity index (χ1n) is 8.09.